The molecule has 1 aromatic carbocycles. The molecular formula is C22H15Cl3N2O3S. The molecule has 3 aromatic rings. The van der Waals surface area contributed by atoms with Crippen LogP contribution in [-0.2, 0) is 9.53 Å². The van der Waals surface area contributed by atoms with E-state index in [9.17, 15) is 14.9 Å². The van der Waals surface area contributed by atoms with Crippen LogP contribution in [0.2, 0.25) is 14.4 Å². The molecule has 5 nitrogen and oxygen atoms in total. The number of aromatic nitrogens is 1. The minimum Gasteiger partial charge on any atom is -0.453 e. The average Bonchev–Trinajstić information content (AvgIpc) is 3.29. The van der Waals surface area contributed by atoms with Crippen molar-refractivity contribution in [1.82, 2.24) is 4.57 Å². The number of carbonyl (C=O) groups excluding carboxylic acids is 2. The molecule has 0 fully saturated rings. The fraction of sp³-hybridized carbons (Fsp3) is 0.136. The van der Waals surface area contributed by atoms with Crippen LogP contribution in [0.3, 0.4) is 0 Å². The van der Waals surface area contributed by atoms with Gasteiger partial charge in [0.15, 0.2) is 6.61 Å². The van der Waals surface area contributed by atoms with Crippen molar-refractivity contribution in [2.24, 2.45) is 0 Å². The van der Waals surface area contributed by atoms with E-state index in [0.717, 1.165) is 22.7 Å². The SMILES string of the molecule is Cc1cc(C=C(C#N)C(=O)OCC(=O)c2ccc(Cl)s2)c(C)n1-c1cccc(Cl)c1Cl. The number of benzene rings is 1. The lowest BCUT2D eigenvalue weighted by atomic mass is 10.1. The van der Waals surface area contributed by atoms with Crippen LogP contribution in [0.4, 0.5) is 0 Å². The fourth-order valence-electron chi connectivity index (χ4n) is 3.01. The van der Waals surface area contributed by atoms with Gasteiger partial charge in [-0.25, -0.2) is 4.79 Å². The summed E-state index contributed by atoms with van der Waals surface area (Å²) in [5.74, 6) is -1.28. The van der Waals surface area contributed by atoms with Crippen molar-refractivity contribution in [2.75, 3.05) is 6.61 Å². The predicted octanol–water partition coefficient (Wildman–Crippen LogP) is 6.45. The van der Waals surface area contributed by atoms with Crippen LogP contribution >= 0.6 is 46.1 Å². The highest BCUT2D eigenvalue weighted by Gasteiger charge is 2.18. The molecule has 0 saturated carbocycles. The van der Waals surface area contributed by atoms with Crippen LogP contribution in [0.25, 0.3) is 11.8 Å². The maximum absolute atomic E-state index is 12.4. The maximum Gasteiger partial charge on any atom is 0.349 e. The standard InChI is InChI=1S/C22H15Cl3N2O3S/c1-12-8-14(13(2)27(12)17-5-3-4-16(23)21(17)25)9-15(10-26)22(29)30-11-18(28)19-6-7-20(24)31-19/h3-9H,11H2,1-2H3. The van der Waals surface area contributed by atoms with Crippen molar-refractivity contribution in [1.29, 1.82) is 5.26 Å². The average molecular weight is 494 g/mol. The summed E-state index contributed by atoms with van der Waals surface area (Å²) >= 11 is 19.4. The number of thiophene rings is 1. The third-order valence-corrected chi connectivity index (χ3v) is 6.55. The van der Waals surface area contributed by atoms with Gasteiger partial charge in [0.05, 0.1) is 24.9 Å². The first kappa shape index (κ1) is 23.1. The van der Waals surface area contributed by atoms with E-state index in [1.54, 1.807) is 24.3 Å². The minimum atomic E-state index is -0.885. The number of ketones is 1. The Morgan fingerprint density at radius 1 is 1.19 bits per heavy atom. The number of hydrogen-bond donors (Lipinski definition) is 0. The monoisotopic (exact) mass is 492 g/mol. The third kappa shape index (κ3) is 5.03. The van der Waals surface area contributed by atoms with E-state index in [-0.39, 0.29) is 5.57 Å². The zero-order chi connectivity index (χ0) is 22.7. The van der Waals surface area contributed by atoms with Crippen LogP contribution < -0.4 is 0 Å². The Hall–Kier alpha value is -2.56. The highest BCUT2D eigenvalue weighted by Crippen LogP contribution is 2.32. The molecule has 0 amide bonds. The summed E-state index contributed by atoms with van der Waals surface area (Å²) in [5, 5.41) is 10.3. The van der Waals surface area contributed by atoms with Gasteiger partial charge in [0, 0.05) is 11.4 Å². The van der Waals surface area contributed by atoms with Crippen LogP contribution in [0.5, 0.6) is 0 Å². The molecule has 0 radical (unpaired) electrons. The van der Waals surface area contributed by atoms with Gasteiger partial charge in [-0.05, 0) is 55.8 Å². The number of esters is 1. The highest BCUT2D eigenvalue weighted by molar-refractivity contribution is 7.18. The van der Waals surface area contributed by atoms with E-state index in [1.165, 1.54) is 6.08 Å². The first-order valence-corrected chi connectivity index (χ1v) is 10.9. The van der Waals surface area contributed by atoms with Crippen LogP contribution in [0, 0.1) is 25.2 Å². The van der Waals surface area contributed by atoms with Gasteiger partial charge in [0.25, 0.3) is 0 Å². The lowest BCUT2D eigenvalue weighted by molar-refractivity contribution is -0.137. The van der Waals surface area contributed by atoms with E-state index in [0.29, 0.717) is 30.5 Å². The van der Waals surface area contributed by atoms with Gasteiger partial charge < -0.3 is 9.30 Å². The van der Waals surface area contributed by atoms with Gasteiger partial charge in [-0.15, -0.1) is 11.3 Å². The Kier molecular flexibility index (Phi) is 7.24. The normalized spacial score (nSPS) is 11.3. The van der Waals surface area contributed by atoms with Gasteiger partial charge in [0.1, 0.15) is 11.6 Å². The number of halogens is 3. The molecule has 2 aromatic heterocycles. The summed E-state index contributed by atoms with van der Waals surface area (Å²) in [6.07, 6.45) is 1.42. The van der Waals surface area contributed by atoms with Crippen molar-refractivity contribution >= 4 is 64.0 Å². The van der Waals surface area contributed by atoms with Gasteiger partial charge in [-0.3, -0.25) is 4.79 Å². The van der Waals surface area contributed by atoms with Gasteiger partial charge in [-0.1, -0.05) is 40.9 Å². The molecule has 0 aliphatic carbocycles. The number of rotatable bonds is 6. The van der Waals surface area contributed by atoms with Gasteiger partial charge in [0.2, 0.25) is 5.78 Å². The molecule has 0 N–H and O–H groups in total. The molecule has 158 valence electrons. The van der Waals surface area contributed by atoms with E-state index >= 15 is 0 Å². The number of aryl methyl sites for hydroxylation is 1. The number of carbonyl (C=O) groups is 2. The minimum absolute atomic E-state index is 0.227. The smallest absolute Gasteiger partial charge is 0.349 e. The third-order valence-electron chi connectivity index (χ3n) is 4.46. The molecule has 2 heterocycles. The molecule has 0 aliphatic rings. The molecule has 9 heteroatoms. The Morgan fingerprint density at radius 2 is 1.94 bits per heavy atom. The molecular weight excluding hydrogens is 479 g/mol. The zero-order valence-electron chi connectivity index (χ0n) is 16.4. The second-order valence-electron chi connectivity index (χ2n) is 6.51. The second kappa shape index (κ2) is 9.71. The van der Waals surface area contributed by atoms with Crippen molar-refractivity contribution in [3.05, 3.63) is 78.2 Å². The van der Waals surface area contributed by atoms with Crippen LogP contribution in [0.1, 0.15) is 26.6 Å². The molecule has 31 heavy (non-hydrogen) atoms. The summed E-state index contributed by atoms with van der Waals surface area (Å²) in [6.45, 7) is 3.23. The first-order chi connectivity index (χ1) is 14.7. The maximum atomic E-state index is 12.4. The van der Waals surface area contributed by atoms with E-state index in [4.69, 9.17) is 39.5 Å². The van der Waals surface area contributed by atoms with E-state index in [1.807, 2.05) is 36.6 Å². The predicted molar refractivity (Wildman–Crippen MR) is 123 cm³/mol. The molecule has 0 saturated heterocycles. The van der Waals surface area contributed by atoms with Gasteiger partial charge in [-0.2, -0.15) is 5.26 Å². The Morgan fingerprint density at radius 3 is 2.58 bits per heavy atom. The van der Waals surface area contributed by atoms with E-state index in [2.05, 4.69) is 0 Å². The summed E-state index contributed by atoms with van der Waals surface area (Å²) in [7, 11) is 0. The summed E-state index contributed by atoms with van der Waals surface area (Å²) in [5.41, 5.74) is 2.69. The molecule has 0 aliphatic heterocycles. The van der Waals surface area contributed by atoms with E-state index < -0.39 is 18.4 Å². The van der Waals surface area contributed by atoms with Crippen molar-refractivity contribution < 1.29 is 14.3 Å². The lowest BCUT2D eigenvalue weighted by Gasteiger charge is -2.12. The molecule has 0 spiro atoms. The first-order valence-electron chi connectivity index (χ1n) is 8.93. The quantitative estimate of drug-likeness (QED) is 0.171. The van der Waals surface area contributed by atoms with Crippen molar-refractivity contribution in [2.45, 2.75) is 13.8 Å². The number of nitrogens with zero attached hydrogens (tertiary/aromatic N) is 2. The molecule has 0 bridgehead atoms. The number of Topliss-reactive ketones (excluding diaryl/α,β-unsaturated/α-hetero) is 1. The van der Waals surface area contributed by atoms with Gasteiger partial charge >= 0.3 is 5.97 Å². The summed E-state index contributed by atoms with van der Waals surface area (Å²) in [6, 6.07) is 12.1. The molecule has 0 unspecified atom stereocenters. The fourth-order valence-corrected chi connectivity index (χ4v) is 4.35. The number of nitriles is 1. The Labute approximate surface area is 198 Å². The van der Waals surface area contributed by atoms with Crippen LogP contribution in [0.15, 0.2) is 42.0 Å². The zero-order valence-corrected chi connectivity index (χ0v) is 19.5. The Balaban J connectivity index is 1.84. The van der Waals surface area contributed by atoms with Crippen molar-refractivity contribution in [3.63, 3.8) is 0 Å². The largest absolute Gasteiger partial charge is 0.453 e. The number of ether oxygens (including phenoxy) is 1. The van der Waals surface area contributed by atoms with Crippen LogP contribution in [-0.4, -0.2) is 22.9 Å². The molecule has 3 rings (SSSR count). The topological polar surface area (TPSA) is 72.1 Å². The summed E-state index contributed by atoms with van der Waals surface area (Å²) < 4.78 is 7.37. The van der Waals surface area contributed by atoms with Crippen molar-refractivity contribution in [3.8, 4) is 11.8 Å². The Bertz CT molecular complexity index is 1250. The number of hydrogen-bond acceptors (Lipinski definition) is 5. The highest BCUT2D eigenvalue weighted by atomic mass is 35.5. The lowest BCUT2D eigenvalue weighted by Crippen LogP contribution is -2.14. The molecule has 0 atom stereocenters. The summed E-state index contributed by atoms with van der Waals surface area (Å²) in [4.78, 5) is 24.8. The second-order valence-corrected chi connectivity index (χ2v) is 9.01.